The van der Waals surface area contributed by atoms with Crippen molar-refractivity contribution in [3.63, 3.8) is 0 Å². The number of carbonyl (C=O) groups is 2. The topological polar surface area (TPSA) is 88.3 Å². The van der Waals surface area contributed by atoms with Gasteiger partial charge in [-0.2, -0.15) is 0 Å². The molecule has 2 aromatic carbocycles. The van der Waals surface area contributed by atoms with Gasteiger partial charge < -0.3 is 11.1 Å². The number of nitrogens with one attached hydrogen (secondary N) is 1. The number of nitrogens with zero attached hydrogens (tertiary/aromatic N) is 2. The van der Waals surface area contributed by atoms with Gasteiger partial charge in [-0.15, -0.1) is 0 Å². The molecule has 0 saturated carbocycles. The van der Waals surface area contributed by atoms with Crippen LogP contribution in [0.25, 0.3) is 10.8 Å². The van der Waals surface area contributed by atoms with Crippen molar-refractivity contribution in [2.45, 2.75) is 65.1 Å². The molecular formula is C28H34F2N4O2. The van der Waals surface area contributed by atoms with Crippen LogP contribution in [0, 0.1) is 11.6 Å². The van der Waals surface area contributed by atoms with Gasteiger partial charge in [-0.05, 0) is 75.2 Å². The number of nitrogens with two attached hydrogens (primary N) is 1. The van der Waals surface area contributed by atoms with Gasteiger partial charge in [0.1, 0.15) is 5.82 Å². The van der Waals surface area contributed by atoms with Gasteiger partial charge >= 0.3 is 0 Å². The zero-order chi connectivity index (χ0) is 26.4. The lowest BCUT2D eigenvalue weighted by atomic mass is 9.96. The summed E-state index contributed by atoms with van der Waals surface area (Å²) in [4.78, 5) is 32.2. The van der Waals surface area contributed by atoms with Crippen LogP contribution in [-0.4, -0.2) is 46.2 Å². The lowest BCUT2D eigenvalue weighted by Crippen LogP contribution is -2.49. The standard InChI is InChI=1S/C28H34F2N4O2/c1-17(2)34(18(3)4)16-27(36)33-25(15-20-6-9-23(29)24(30)14-20)26(35)10-7-19-5-8-22-21(13-19)11-12-32-28(22)31/h5-6,8-9,11-14,17-18,25H,7,10,15-16H2,1-4H3,(H2,31,32)(H,33,36)/t25-/m0/s1. The highest BCUT2D eigenvalue weighted by Gasteiger charge is 2.24. The van der Waals surface area contributed by atoms with Gasteiger partial charge in [0.2, 0.25) is 5.91 Å². The zero-order valence-electron chi connectivity index (χ0n) is 21.2. The summed E-state index contributed by atoms with van der Waals surface area (Å²) in [6.45, 7) is 8.15. The number of fused-ring (bicyclic) bond motifs is 1. The third kappa shape index (κ3) is 7.07. The van der Waals surface area contributed by atoms with Gasteiger partial charge in [0, 0.05) is 30.1 Å². The second-order valence-corrected chi connectivity index (χ2v) is 9.65. The lowest BCUT2D eigenvalue weighted by molar-refractivity contribution is -0.129. The number of anilines is 1. The molecule has 3 aromatic rings. The summed E-state index contributed by atoms with van der Waals surface area (Å²) in [5.41, 5.74) is 7.31. The number of carbonyl (C=O) groups excluding carboxylic acids is 2. The quantitative estimate of drug-likeness (QED) is 0.410. The molecule has 0 aliphatic rings. The van der Waals surface area contributed by atoms with E-state index in [2.05, 4.69) is 10.3 Å². The molecule has 36 heavy (non-hydrogen) atoms. The minimum Gasteiger partial charge on any atom is -0.383 e. The van der Waals surface area contributed by atoms with E-state index in [0.29, 0.717) is 17.8 Å². The van der Waals surface area contributed by atoms with Crippen molar-refractivity contribution >= 4 is 28.3 Å². The number of aryl methyl sites for hydroxylation is 1. The van der Waals surface area contributed by atoms with Crippen molar-refractivity contribution in [1.82, 2.24) is 15.2 Å². The van der Waals surface area contributed by atoms with Crippen molar-refractivity contribution < 1.29 is 18.4 Å². The number of rotatable bonds is 11. The molecule has 0 aliphatic heterocycles. The Morgan fingerprint density at radius 3 is 2.33 bits per heavy atom. The van der Waals surface area contributed by atoms with E-state index in [4.69, 9.17) is 5.73 Å². The summed E-state index contributed by atoms with van der Waals surface area (Å²) in [7, 11) is 0. The van der Waals surface area contributed by atoms with E-state index < -0.39 is 17.7 Å². The van der Waals surface area contributed by atoms with Gasteiger partial charge in [0.25, 0.3) is 0 Å². The van der Waals surface area contributed by atoms with Gasteiger partial charge in [-0.1, -0.05) is 24.3 Å². The number of benzene rings is 2. The fourth-order valence-corrected chi connectivity index (χ4v) is 4.36. The van der Waals surface area contributed by atoms with Crippen LogP contribution >= 0.6 is 0 Å². The van der Waals surface area contributed by atoms with Crippen LogP contribution in [0.4, 0.5) is 14.6 Å². The van der Waals surface area contributed by atoms with E-state index in [1.807, 2.05) is 56.9 Å². The number of aromatic nitrogens is 1. The van der Waals surface area contributed by atoms with E-state index in [0.717, 1.165) is 28.5 Å². The average Bonchev–Trinajstić information content (AvgIpc) is 2.82. The highest BCUT2D eigenvalue weighted by Crippen LogP contribution is 2.21. The second kappa shape index (κ2) is 12.0. The first-order chi connectivity index (χ1) is 17.0. The maximum absolute atomic E-state index is 13.8. The number of Topliss-reactive ketones (excluding diaryl/α,β-unsaturated/α-hetero) is 1. The van der Waals surface area contributed by atoms with Crippen LogP contribution in [-0.2, 0) is 22.4 Å². The predicted molar refractivity (Wildman–Crippen MR) is 138 cm³/mol. The van der Waals surface area contributed by atoms with Crippen LogP contribution in [0.15, 0.2) is 48.7 Å². The minimum atomic E-state index is -0.985. The summed E-state index contributed by atoms with van der Waals surface area (Å²) in [5.74, 6) is -1.96. The molecule has 1 heterocycles. The molecule has 0 fully saturated rings. The normalized spacial score (nSPS) is 12.5. The lowest BCUT2D eigenvalue weighted by Gasteiger charge is -2.30. The summed E-state index contributed by atoms with van der Waals surface area (Å²) in [6.07, 6.45) is 2.35. The largest absolute Gasteiger partial charge is 0.383 e. The van der Waals surface area contributed by atoms with Crippen molar-refractivity contribution in [1.29, 1.82) is 0 Å². The van der Waals surface area contributed by atoms with Crippen molar-refractivity contribution in [3.8, 4) is 0 Å². The Bertz CT molecular complexity index is 1220. The minimum absolute atomic E-state index is 0.0745. The van der Waals surface area contributed by atoms with Crippen molar-refractivity contribution in [2.24, 2.45) is 0 Å². The van der Waals surface area contributed by atoms with E-state index in [9.17, 15) is 18.4 Å². The number of hydrogen-bond donors (Lipinski definition) is 2. The van der Waals surface area contributed by atoms with E-state index in [1.54, 1.807) is 6.20 Å². The molecule has 0 radical (unpaired) electrons. The monoisotopic (exact) mass is 496 g/mol. The first kappa shape index (κ1) is 27.2. The molecule has 8 heteroatoms. The Labute approximate surface area is 210 Å². The van der Waals surface area contributed by atoms with Crippen molar-refractivity contribution in [3.05, 3.63) is 71.4 Å². The van der Waals surface area contributed by atoms with Gasteiger partial charge in [0.05, 0.1) is 12.6 Å². The molecule has 0 spiro atoms. The maximum atomic E-state index is 13.8. The molecule has 1 aromatic heterocycles. The molecule has 1 atom stereocenters. The van der Waals surface area contributed by atoms with Crippen molar-refractivity contribution in [2.75, 3.05) is 12.3 Å². The molecule has 3 N–H and O–H groups in total. The molecule has 192 valence electrons. The Hall–Kier alpha value is -3.39. The number of amides is 1. The SMILES string of the molecule is CC(C)N(CC(=O)N[C@@H](Cc1ccc(F)c(F)c1)C(=O)CCc1ccc2c(N)nccc2c1)C(C)C. The van der Waals surface area contributed by atoms with Gasteiger partial charge in [0.15, 0.2) is 17.4 Å². The molecule has 3 rings (SSSR count). The maximum Gasteiger partial charge on any atom is 0.234 e. The number of pyridine rings is 1. The Kier molecular flexibility index (Phi) is 9.09. The summed E-state index contributed by atoms with van der Waals surface area (Å²) in [5, 5.41) is 4.62. The molecule has 0 bridgehead atoms. The summed E-state index contributed by atoms with van der Waals surface area (Å²) in [6, 6.07) is 10.6. The van der Waals surface area contributed by atoms with Crippen LogP contribution < -0.4 is 11.1 Å². The molecule has 1 amide bonds. The van der Waals surface area contributed by atoms with E-state index in [-0.39, 0.29) is 43.2 Å². The van der Waals surface area contributed by atoms with Crippen LogP contribution in [0.1, 0.15) is 45.2 Å². The first-order valence-electron chi connectivity index (χ1n) is 12.2. The van der Waals surface area contributed by atoms with Crippen LogP contribution in [0.3, 0.4) is 0 Å². The third-order valence-corrected chi connectivity index (χ3v) is 6.32. The summed E-state index contributed by atoms with van der Waals surface area (Å²) < 4.78 is 27.2. The Morgan fingerprint density at radius 2 is 1.67 bits per heavy atom. The fourth-order valence-electron chi connectivity index (χ4n) is 4.36. The average molecular weight is 497 g/mol. The first-order valence-corrected chi connectivity index (χ1v) is 12.2. The van der Waals surface area contributed by atoms with E-state index >= 15 is 0 Å². The Balaban J connectivity index is 1.75. The van der Waals surface area contributed by atoms with Crippen LogP contribution in [0.2, 0.25) is 0 Å². The highest BCUT2D eigenvalue weighted by molar-refractivity contribution is 5.92. The van der Waals surface area contributed by atoms with Gasteiger partial charge in [-0.3, -0.25) is 14.5 Å². The third-order valence-electron chi connectivity index (χ3n) is 6.32. The summed E-state index contributed by atoms with van der Waals surface area (Å²) >= 11 is 0. The predicted octanol–water partition coefficient (Wildman–Crippen LogP) is 4.44. The fraction of sp³-hybridized carbons (Fsp3) is 0.393. The molecular weight excluding hydrogens is 462 g/mol. The smallest absolute Gasteiger partial charge is 0.234 e. The molecule has 0 aliphatic carbocycles. The second-order valence-electron chi connectivity index (χ2n) is 9.65. The molecule has 6 nitrogen and oxygen atoms in total. The number of halogens is 2. The van der Waals surface area contributed by atoms with Crippen LogP contribution in [0.5, 0.6) is 0 Å². The van der Waals surface area contributed by atoms with E-state index in [1.165, 1.54) is 6.07 Å². The highest BCUT2D eigenvalue weighted by atomic mass is 19.2. The number of hydrogen-bond acceptors (Lipinski definition) is 5. The van der Waals surface area contributed by atoms with Gasteiger partial charge in [-0.25, -0.2) is 13.8 Å². The zero-order valence-corrected chi connectivity index (χ0v) is 21.2. The molecule has 0 unspecified atom stereocenters. The molecule has 0 saturated heterocycles. The number of ketones is 1. The number of nitrogen functional groups attached to an aromatic ring is 1. The Morgan fingerprint density at radius 1 is 0.972 bits per heavy atom.